The molecule has 1 aromatic carbocycles. The van der Waals surface area contributed by atoms with Crippen LogP contribution < -0.4 is 5.32 Å². The predicted octanol–water partition coefficient (Wildman–Crippen LogP) is 1.19. The summed E-state index contributed by atoms with van der Waals surface area (Å²) in [7, 11) is 0. The molecular weight excluding hydrogens is 296 g/mol. The molecule has 2 fully saturated rings. The predicted molar refractivity (Wildman–Crippen MR) is 80.2 cm³/mol. The highest BCUT2D eigenvalue weighted by atomic mass is 16.5. The third-order valence-corrected chi connectivity index (χ3v) is 4.12. The second-order valence-electron chi connectivity index (χ2n) is 5.89. The maximum Gasteiger partial charge on any atom is 0.328 e. The number of carbonyl (C=O) groups is 2. The zero-order valence-electron chi connectivity index (χ0n) is 12.4. The van der Waals surface area contributed by atoms with Crippen molar-refractivity contribution in [2.24, 2.45) is 0 Å². The lowest BCUT2D eigenvalue weighted by Crippen LogP contribution is -2.37. The summed E-state index contributed by atoms with van der Waals surface area (Å²) < 4.78 is 6.53. The molecule has 1 atom stereocenters. The van der Waals surface area contributed by atoms with Crippen LogP contribution in [0.3, 0.4) is 0 Å². The van der Waals surface area contributed by atoms with Gasteiger partial charge < -0.3 is 10.1 Å². The molecule has 0 radical (unpaired) electrons. The van der Waals surface area contributed by atoms with Gasteiger partial charge in [0.15, 0.2) is 0 Å². The number of ether oxygens (including phenoxy) is 1. The number of benzene rings is 1. The number of nitrogens with zero attached hydrogens (tertiary/aromatic N) is 3. The van der Waals surface area contributed by atoms with Gasteiger partial charge in [-0.3, -0.25) is 4.79 Å². The van der Waals surface area contributed by atoms with Crippen molar-refractivity contribution >= 4 is 11.9 Å². The van der Waals surface area contributed by atoms with Gasteiger partial charge in [-0.1, -0.05) is 11.3 Å². The zero-order chi connectivity index (χ0) is 15.8. The van der Waals surface area contributed by atoms with Crippen molar-refractivity contribution in [3.63, 3.8) is 0 Å². The maximum absolute atomic E-state index is 12.3. The van der Waals surface area contributed by atoms with Gasteiger partial charge in [0.25, 0.3) is 5.91 Å². The summed E-state index contributed by atoms with van der Waals surface area (Å²) in [5.74, 6) is -0.137. The lowest BCUT2D eigenvalue weighted by Gasteiger charge is -2.09. The molecule has 0 unspecified atom stereocenters. The van der Waals surface area contributed by atoms with Gasteiger partial charge in [0.05, 0.1) is 24.2 Å². The number of cyclic esters (lactones) is 1. The van der Waals surface area contributed by atoms with Gasteiger partial charge in [-0.15, -0.1) is 5.10 Å². The fourth-order valence-corrected chi connectivity index (χ4v) is 2.63. The maximum atomic E-state index is 12.3. The molecular formula is C16H16N4O3. The normalized spacial score (nSPS) is 20.3. The molecule has 7 heteroatoms. The summed E-state index contributed by atoms with van der Waals surface area (Å²) in [6, 6.07) is 6.54. The monoisotopic (exact) mass is 312 g/mol. The van der Waals surface area contributed by atoms with Crippen molar-refractivity contribution in [3.05, 3.63) is 41.7 Å². The number of aromatic nitrogens is 3. The Bertz CT molecular complexity index is 766. The van der Waals surface area contributed by atoms with Crippen LogP contribution in [-0.2, 0) is 9.53 Å². The Morgan fingerprint density at radius 2 is 2.17 bits per heavy atom. The average molecular weight is 312 g/mol. The fraction of sp³-hybridized carbons (Fsp3) is 0.375. The van der Waals surface area contributed by atoms with Crippen LogP contribution in [-0.4, -0.2) is 39.5 Å². The first-order valence-electron chi connectivity index (χ1n) is 7.71. The first-order valence-corrected chi connectivity index (χ1v) is 7.71. The van der Waals surface area contributed by atoms with Crippen LogP contribution >= 0.6 is 0 Å². The Kier molecular flexibility index (Phi) is 3.33. The first-order chi connectivity index (χ1) is 11.2. The van der Waals surface area contributed by atoms with E-state index in [1.54, 1.807) is 22.9 Å². The van der Waals surface area contributed by atoms with E-state index in [1.807, 2.05) is 12.3 Å². The Hall–Kier alpha value is -2.70. The van der Waals surface area contributed by atoms with Crippen molar-refractivity contribution < 1.29 is 14.3 Å². The Balaban J connectivity index is 1.52. The van der Waals surface area contributed by atoms with Crippen LogP contribution in [0.5, 0.6) is 0 Å². The molecule has 1 aliphatic heterocycles. The van der Waals surface area contributed by atoms with E-state index in [0.29, 0.717) is 24.5 Å². The molecule has 2 aliphatic rings. The molecule has 1 aromatic heterocycles. The van der Waals surface area contributed by atoms with E-state index in [2.05, 4.69) is 15.6 Å². The van der Waals surface area contributed by atoms with E-state index in [4.69, 9.17) is 4.74 Å². The number of rotatable bonds is 4. The average Bonchev–Trinajstić information content (AvgIpc) is 3.16. The highest BCUT2D eigenvalue weighted by molar-refractivity contribution is 5.97. The molecule has 1 amide bonds. The molecule has 4 rings (SSSR count). The van der Waals surface area contributed by atoms with E-state index in [9.17, 15) is 9.59 Å². The van der Waals surface area contributed by atoms with E-state index in [-0.39, 0.29) is 11.9 Å². The number of carbonyl (C=O) groups excluding carboxylic acids is 2. The van der Waals surface area contributed by atoms with Crippen molar-refractivity contribution in [1.29, 1.82) is 0 Å². The SMILES string of the molecule is O=C(N[C@H]1CCOC1=O)c1cccc(-n2cc(C3CC3)nn2)c1. The highest BCUT2D eigenvalue weighted by Crippen LogP contribution is 2.38. The molecule has 0 bridgehead atoms. The van der Waals surface area contributed by atoms with Gasteiger partial charge in [-0.2, -0.15) is 0 Å². The van der Waals surface area contributed by atoms with E-state index in [1.165, 1.54) is 12.8 Å². The quantitative estimate of drug-likeness (QED) is 0.857. The smallest absolute Gasteiger partial charge is 0.328 e. The number of hydrogen-bond donors (Lipinski definition) is 1. The third kappa shape index (κ3) is 2.81. The van der Waals surface area contributed by atoms with Crippen molar-refractivity contribution in [3.8, 4) is 5.69 Å². The molecule has 7 nitrogen and oxygen atoms in total. The summed E-state index contributed by atoms with van der Waals surface area (Å²) in [6.07, 6.45) is 4.75. The Labute approximate surface area is 132 Å². The molecule has 1 aliphatic carbocycles. The summed E-state index contributed by atoms with van der Waals surface area (Å²) in [5, 5.41) is 11.0. The minimum absolute atomic E-state index is 0.293. The van der Waals surface area contributed by atoms with Crippen LogP contribution in [0, 0.1) is 0 Å². The van der Waals surface area contributed by atoms with E-state index < -0.39 is 6.04 Å². The van der Waals surface area contributed by atoms with E-state index in [0.717, 1.165) is 11.4 Å². The molecule has 118 valence electrons. The lowest BCUT2D eigenvalue weighted by atomic mass is 10.1. The van der Waals surface area contributed by atoms with Gasteiger partial charge in [-0.05, 0) is 31.0 Å². The highest BCUT2D eigenvalue weighted by Gasteiger charge is 2.28. The largest absolute Gasteiger partial charge is 0.464 e. The van der Waals surface area contributed by atoms with Crippen LogP contribution in [0.15, 0.2) is 30.5 Å². The van der Waals surface area contributed by atoms with Crippen molar-refractivity contribution in [2.75, 3.05) is 6.61 Å². The van der Waals surface area contributed by atoms with Gasteiger partial charge in [0.1, 0.15) is 6.04 Å². The molecule has 2 aromatic rings. The summed E-state index contributed by atoms with van der Waals surface area (Å²) >= 11 is 0. The van der Waals surface area contributed by atoms with Crippen molar-refractivity contribution in [1.82, 2.24) is 20.3 Å². The number of nitrogens with one attached hydrogen (secondary N) is 1. The lowest BCUT2D eigenvalue weighted by molar-refractivity contribution is -0.139. The molecule has 0 spiro atoms. The Morgan fingerprint density at radius 1 is 1.30 bits per heavy atom. The van der Waals surface area contributed by atoms with Gasteiger partial charge >= 0.3 is 5.97 Å². The second kappa shape index (κ2) is 5.49. The van der Waals surface area contributed by atoms with Gasteiger partial charge in [-0.25, -0.2) is 9.48 Å². The second-order valence-corrected chi connectivity index (χ2v) is 5.89. The number of amides is 1. The molecule has 23 heavy (non-hydrogen) atoms. The molecule has 1 saturated heterocycles. The number of esters is 1. The summed E-state index contributed by atoms with van der Waals surface area (Å²) in [6.45, 7) is 0.354. The zero-order valence-corrected chi connectivity index (χ0v) is 12.4. The standard InChI is InChI=1S/C16H16N4O3/c21-15(17-13-6-7-23-16(13)22)11-2-1-3-12(8-11)20-9-14(18-19-20)10-4-5-10/h1-3,8-10,13H,4-7H2,(H,17,21)/t13-/m0/s1. The minimum atomic E-state index is -0.556. The fourth-order valence-electron chi connectivity index (χ4n) is 2.63. The number of hydrogen-bond acceptors (Lipinski definition) is 5. The summed E-state index contributed by atoms with van der Waals surface area (Å²) in [4.78, 5) is 23.7. The molecule has 1 N–H and O–H groups in total. The third-order valence-electron chi connectivity index (χ3n) is 4.12. The van der Waals surface area contributed by atoms with Crippen molar-refractivity contribution in [2.45, 2.75) is 31.2 Å². The van der Waals surface area contributed by atoms with Gasteiger partial charge in [0.2, 0.25) is 0 Å². The van der Waals surface area contributed by atoms with Crippen LogP contribution in [0.1, 0.15) is 41.2 Å². The molecule has 1 saturated carbocycles. The summed E-state index contributed by atoms with van der Waals surface area (Å²) in [5.41, 5.74) is 2.24. The minimum Gasteiger partial charge on any atom is -0.464 e. The first kappa shape index (κ1) is 13.9. The Morgan fingerprint density at radius 3 is 2.91 bits per heavy atom. The molecule has 2 heterocycles. The van der Waals surface area contributed by atoms with Crippen LogP contribution in [0.25, 0.3) is 5.69 Å². The van der Waals surface area contributed by atoms with E-state index >= 15 is 0 Å². The van der Waals surface area contributed by atoms with Gasteiger partial charge in [0, 0.05) is 17.9 Å². The van der Waals surface area contributed by atoms with Crippen LogP contribution in [0.4, 0.5) is 0 Å². The van der Waals surface area contributed by atoms with Crippen LogP contribution in [0.2, 0.25) is 0 Å². The topological polar surface area (TPSA) is 86.1 Å².